The molecule has 1 unspecified atom stereocenters. The van der Waals surface area contributed by atoms with Crippen LogP contribution in [0.25, 0.3) is 0 Å². The van der Waals surface area contributed by atoms with Crippen molar-refractivity contribution in [3.05, 3.63) is 94.2 Å². The van der Waals surface area contributed by atoms with Crippen LogP contribution in [-0.4, -0.2) is 45.1 Å². The van der Waals surface area contributed by atoms with Crippen molar-refractivity contribution >= 4 is 23.3 Å². The summed E-state index contributed by atoms with van der Waals surface area (Å²) in [6, 6.07) is 20.9. The molecule has 1 fully saturated rings. The summed E-state index contributed by atoms with van der Waals surface area (Å²) in [5.41, 5.74) is 2.26. The van der Waals surface area contributed by atoms with Crippen LogP contribution < -0.4 is 10.2 Å². The summed E-state index contributed by atoms with van der Waals surface area (Å²) in [6.45, 7) is 1.65. The Balaban J connectivity index is 1.67. The molecular formula is C25H27N5O4. The largest absolute Gasteiger partial charge is 0.465 e. The van der Waals surface area contributed by atoms with Crippen molar-refractivity contribution in [2.45, 2.75) is 32.0 Å². The zero-order valence-electron chi connectivity index (χ0n) is 18.7. The van der Waals surface area contributed by atoms with E-state index in [9.17, 15) is 20.0 Å². The van der Waals surface area contributed by atoms with Crippen LogP contribution in [0.5, 0.6) is 0 Å². The van der Waals surface area contributed by atoms with E-state index in [1.807, 2.05) is 65.6 Å². The first-order chi connectivity index (χ1) is 16.5. The Labute approximate surface area is 197 Å². The molecule has 2 heterocycles. The van der Waals surface area contributed by atoms with Gasteiger partial charge >= 0.3 is 11.8 Å². The van der Waals surface area contributed by atoms with E-state index in [0.717, 1.165) is 17.5 Å². The summed E-state index contributed by atoms with van der Waals surface area (Å²) in [5, 5.41) is 24.8. The molecule has 2 aromatic carbocycles. The lowest BCUT2D eigenvalue weighted by atomic mass is 10.1. The molecule has 0 saturated carbocycles. The minimum absolute atomic E-state index is 0.109. The monoisotopic (exact) mass is 461 g/mol. The number of hydrogen-bond acceptors (Lipinski definition) is 6. The molecule has 4 rings (SSSR count). The number of rotatable bonds is 8. The van der Waals surface area contributed by atoms with E-state index < -0.39 is 11.0 Å². The van der Waals surface area contributed by atoms with Crippen molar-refractivity contribution in [3.8, 4) is 0 Å². The van der Waals surface area contributed by atoms with Crippen LogP contribution >= 0.6 is 0 Å². The zero-order chi connectivity index (χ0) is 23.9. The molecule has 0 bridgehead atoms. The second kappa shape index (κ2) is 10.7. The first kappa shape index (κ1) is 23.0. The Kier molecular flexibility index (Phi) is 7.22. The Hall–Kier alpha value is -4.14. The Morgan fingerprint density at radius 3 is 2.26 bits per heavy atom. The Morgan fingerprint density at radius 2 is 1.71 bits per heavy atom. The van der Waals surface area contributed by atoms with E-state index in [1.54, 1.807) is 12.3 Å². The fourth-order valence-corrected chi connectivity index (χ4v) is 4.27. The van der Waals surface area contributed by atoms with Crippen molar-refractivity contribution in [1.29, 1.82) is 0 Å². The summed E-state index contributed by atoms with van der Waals surface area (Å²) < 4.78 is 0. The molecule has 1 atom stereocenters. The summed E-state index contributed by atoms with van der Waals surface area (Å²) >= 11 is 0. The van der Waals surface area contributed by atoms with E-state index in [2.05, 4.69) is 10.3 Å². The first-order valence-electron chi connectivity index (χ1n) is 11.2. The normalized spacial score (nSPS) is 15.5. The molecule has 1 aliphatic heterocycles. The van der Waals surface area contributed by atoms with Crippen LogP contribution in [0.4, 0.5) is 22.0 Å². The highest BCUT2D eigenvalue weighted by atomic mass is 16.6. The molecule has 1 amide bonds. The summed E-state index contributed by atoms with van der Waals surface area (Å²) in [7, 11) is 0. The Bertz CT molecular complexity index is 1090. The number of aromatic nitrogens is 1. The number of nitro groups is 1. The third-order valence-electron chi connectivity index (χ3n) is 5.87. The molecule has 0 aliphatic carbocycles. The smallest absolute Gasteiger partial charge is 0.407 e. The van der Waals surface area contributed by atoms with Gasteiger partial charge in [-0.15, -0.1) is 0 Å². The van der Waals surface area contributed by atoms with Crippen LogP contribution in [0.3, 0.4) is 0 Å². The molecule has 9 heteroatoms. The molecule has 1 saturated heterocycles. The number of carbonyl (C=O) groups is 1. The standard InChI is InChI=1S/C25H27N5O4/c31-25(32)28-15-7-12-21(18-28)27-22-13-14-26-24(23(22)30(33)34)29(16-19-8-3-1-4-9-19)17-20-10-5-2-6-11-20/h1-6,8-11,13-14,21H,7,12,15-18H2,(H,26,27)(H,31,32). The van der Waals surface area contributed by atoms with E-state index in [-0.39, 0.29) is 24.1 Å². The van der Waals surface area contributed by atoms with Crippen LogP contribution in [0.2, 0.25) is 0 Å². The predicted molar refractivity (Wildman–Crippen MR) is 130 cm³/mol. The molecule has 34 heavy (non-hydrogen) atoms. The second-order valence-corrected chi connectivity index (χ2v) is 8.33. The number of amides is 1. The maximum atomic E-state index is 12.3. The summed E-state index contributed by atoms with van der Waals surface area (Å²) in [6.07, 6.45) is 2.01. The topological polar surface area (TPSA) is 112 Å². The highest BCUT2D eigenvalue weighted by Gasteiger charge is 2.29. The fourth-order valence-electron chi connectivity index (χ4n) is 4.27. The highest BCUT2D eigenvalue weighted by Crippen LogP contribution is 2.36. The van der Waals surface area contributed by atoms with Crippen molar-refractivity contribution < 1.29 is 14.8 Å². The SMILES string of the molecule is O=C(O)N1CCCC(Nc2ccnc(N(Cc3ccccc3)Cc3ccccc3)c2[N+](=O)[O-])C1. The van der Waals surface area contributed by atoms with Gasteiger partial charge in [0.25, 0.3) is 0 Å². The number of benzene rings is 2. The van der Waals surface area contributed by atoms with Crippen molar-refractivity contribution in [3.63, 3.8) is 0 Å². The van der Waals surface area contributed by atoms with Crippen LogP contribution in [0.15, 0.2) is 72.9 Å². The van der Waals surface area contributed by atoms with Gasteiger partial charge in [0.2, 0.25) is 5.82 Å². The molecule has 0 radical (unpaired) electrons. The van der Waals surface area contributed by atoms with Gasteiger partial charge in [-0.2, -0.15) is 0 Å². The molecular weight excluding hydrogens is 434 g/mol. The average molecular weight is 462 g/mol. The molecule has 3 aromatic rings. The highest BCUT2D eigenvalue weighted by molar-refractivity contribution is 5.74. The number of piperidine rings is 1. The number of hydrogen-bond donors (Lipinski definition) is 2. The van der Waals surface area contributed by atoms with Gasteiger partial charge in [0.05, 0.1) is 4.92 Å². The lowest BCUT2D eigenvalue weighted by molar-refractivity contribution is -0.383. The third kappa shape index (κ3) is 5.61. The lowest BCUT2D eigenvalue weighted by Crippen LogP contribution is -2.44. The maximum absolute atomic E-state index is 12.3. The summed E-state index contributed by atoms with van der Waals surface area (Å²) in [5.74, 6) is 0.272. The number of likely N-dealkylation sites (tertiary alicyclic amines) is 1. The first-order valence-corrected chi connectivity index (χ1v) is 11.2. The van der Waals surface area contributed by atoms with Crippen LogP contribution in [0, 0.1) is 10.1 Å². The van der Waals surface area contributed by atoms with E-state index >= 15 is 0 Å². The number of carboxylic acid groups (broad SMARTS) is 1. The van der Waals surface area contributed by atoms with Gasteiger partial charge < -0.3 is 20.2 Å². The third-order valence-corrected chi connectivity index (χ3v) is 5.87. The molecule has 0 spiro atoms. The minimum Gasteiger partial charge on any atom is -0.465 e. The van der Waals surface area contributed by atoms with Gasteiger partial charge in [0, 0.05) is 38.4 Å². The van der Waals surface area contributed by atoms with Gasteiger partial charge in [-0.3, -0.25) is 10.1 Å². The van der Waals surface area contributed by atoms with Gasteiger partial charge in [-0.25, -0.2) is 9.78 Å². The maximum Gasteiger partial charge on any atom is 0.407 e. The van der Waals surface area contributed by atoms with Crippen molar-refractivity contribution in [1.82, 2.24) is 9.88 Å². The van der Waals surface area contributed by atoms with Gasteiger partial charge in [0.15, 0.2) is 0 Å². The number of pyridine rings is 1. The quantitative estimate of drug-likeness (QED) is 0.368. The molecule has 1 aromatic heterocycles. The number of nitrogens with one attached hydrogen (secondary N) is 1. The lowest BCUT2D eigenvalue weighted by Gasteiger charge is -2.32. The van der Waals surface area contributed by atoms with Crippen molar-refractivity contribution in [2.75, 3.05) is 23.3 Å². The van der Waals surface area contributed by atoms with E-state index in [4.69, 9.17) is 0 Å². The van der Waals surface area contributed by atoms with Crippen molar-refractivity contribution in [2.24, 2.45) is 0 Å². The van der Waals surface area contributed by atoms with Gasteiger partial charge in [-0.05, 0) is 30.0 Å². The average Bonchev–Trinajstić information content (AvgIpc) is 2.85. The summed E-state index contributed by atoms with van der Waals surface area (Å²) in [4.78, 5) is 30.9. The van der Waals surface area contributed by atoms with Gasteiger partial charge in [-0.1, -0.05) is 60.7 Å². The van der Waals surface area contributed by atoms with E-state index in [0.29, 0.717) is 31.7 Å². The number of nitrogens with zero attached hydrogens (tertiary/aromatic N) is 4. The van der Waals surface area contributed by atoms with Crippen LogP contribution in [0.1, 0.15) is 24.0 Å². The number of anilines is 2. The second-order valence-electron chi connectivity index (χ2n) is 8.33. The minimum atomic E-state index is -0.978. The predicted octanol–water partition coefficient (Wildman–Crippen LogP) is 4.75. The fraction of sp³-hybridized carbons (Fsp3) is 0.280. The molecule has 176 valence electrons. The van der Waals surface area contributed by atoms with E-state index in [1.165, 1.54) is 4.90 Å². The molecule has 1 aliphatic rings. The van der Waals surface area contributed by atoms with Gasteiger partial charge in [0.1, 0.15) is 5.69 Å². The van der Waals surface area contributed by atoms with Crippen LogP contribution in [-0.2, 0) is 13.1 Å². The zero-order valence-corrected chi connectivity index (χ0v) is 18.7. The molecule has 9 nitrogen and oxygen atoms in total. The Morgan fingerprint density at radius 1 is 1.09 bits per heavy atom. The molecule has 2 N–H and O–H groups in total.